The Kier molecular flexibility index (Phi) is 3.53. The molecule has 1 atom stereocenters. The number of hydrogen-bond donors (Lipinski definition) is 1. The normalized spacial score (nSPS) is 35.9. The molecule has 3 nitrogen and oxygen atoms in total. The molecule has 3 fully saturated rings. The average Bonchev–Trinajstić information content (AvgIpc) is 2.77. The number of likely N-dealkylation sites (tertiary alicyclic amines) is 1. The van der Waals surface area contributed by atoms with Gasteiger partial charge in [-0.2, -0.15) is 0 Å². The molecule has 1 amide bonds. The van der Waals surface area contributed by atoms with Crippen molar-refractivity contribution in [2.45, 2.75) is 62.9 Å². The van der Waals surface area contributed by atoms with Gasteiger partial charge in [-0.3, -0.25) is 0 Å². The molecule has 0 radical (unpaired) electrons. The first-order valence-corrected chi connectivity index (χ1v) is 7.72. The lowest BCUT2D eigenvalue weighted by Gasteiger charge is -2.41. The molecular weight excluding hydrogens is 225 g/mol. The van der Waals surface area contributed by atoms with E-state index >= 15 is 0 Å². The van der Waals surface area contributed by atoms with Crippen molar-refractivity contribution in [3.8, 4) is 0 Å². The van der Waals surface area contributed by atoms with Crippen molar-refractivity contribution < 1.29 is 9.90 Å². The molecular formula is C14H24BNO2. The molecule has 0 aliphatic carbocycles. The van der Waals surface area contributed by atoms with Gasteiger partial charge in [0.05, 0.1) is 0 Å². The number of fused-ring (bicyclic) bond motifs is 2. The van der Waals surface area contributed by atoms with Gasteiger partial charge in [0.25, 0.3) is 0 Å². The van der Waals surface area contributed by atoms with Crippen LogP contribution in [0, 0.1) is 5.92 Å². The Bertz CT molecular complexity index is 301. The zero-order chi connectivity index (χ0) is 12.5. The highest BCUT2D eigenvalue weighted by molar-refractivity contribution is 6.62. The van der Waals surface area contributed by atoms with Crippen LogP contribution in [0.2, 0.25) is 18.0 Å². The van der Waals surface area contributed by atoms with Gasteiger partial charge in [-0.15, -0.1) is 0 Å². The molecule has 3 aliphatic rings. The van der Waals surface area contributed by atoms with E-state index in [0.29, 0.717) is 5.92 Å². The van der Waals surface area contributed by atoms with Gasteiger partial charge in [0.1, 0.15) is 6.71 Å². The summed E-state index contributed by atoms with van der Waals surface area (Å²) in [7, 11) is 0. The van der Waals surface area contributed by atoms with Crippen molar-refractivity contribution in [2.24, 2.45) is 5.92 Å². The maximum atomic E-state index is 11.0. The summed E-state index contributed by atoms with van der Waals surface area (Å²) in [5.41, 5.74) is 0. The van der Waals surface area contributed by atoms with Gasteiger partial charge in [-0.25, -0.2) is 4.79 Å². The van der Waals surface area contributed by atoms with Crippen molar-refractivity contribution in [1.29, 1.82) is 0 Å². The first-order valence-electron chi connectivity index (χ1n) is 7.72. The van der Waals surface area contributed by atoms with E-state index in [2.05, 4.69) is 0 Å². The van der Waals surface area contributed by atoms with Crippen molar-refractivity contribution >= 4 is 12.8 Å². The summed E-state index contributed by atoms with van der Waals surface area (Å²) in [6.07, 6.45) is 10.3. The Morgan fingerprint density at radius 3 is 2.22 bits per heavy atom. The van der Waals surface area contributed by atoms with Crippen LogP contribution in [0.5, 0.6) is 0 Å². The fraction of sp³-hybridized carbons (Fsp3) is 0.929. The van der Waals surface area contributed by atoms with Crippen LogP contribution in [0.1, 0.15) is 44.9 Å². The van der Waals surface area contributed by atoms with Crippen molar-refractivity contribution in [2.75, 3.05) is 13.1 Å². The lowest BCUT2D eigenvalue weighted by Crippen LogP contribution is -2.36. The highest BCUT2D eigenvalue weighted by Crippen LogP contribution is 2.49. The second-order valence-electron chi connectivity index (χ2n) is 6.66. The molecule has 3 saturated heterocycles. The van der Waals surface area contributed by atoms with Gasteiger partial charge >= 0.3 is 6.09 Å². The minimum atomic E-state index is -0.721. The molecule has 0 saturated carbocycles. The second-order valence-corrected chi connectivity index (χ2v) is 6.66. The monoisotopic (exact) mass is 249 g/mol. The molecule has 1 unspecified atom stereocenters. The van der Waals surface area contributed by atoms with Crippen LogP contribution < -0.4 is 0 Å². The van der Waals surface area contributed by atoms with Crippen LogP contribution in [-0.2, 0) is 0 Å². The van der Waals surface area contributed by atoms with E-state index in [4.69, 9.17) is 5.11 Å². The zero-order valence-electron chi connectivity index (χ0n) is 11.2. The fourth-order valence-electron chi connectivity index (χ4n) is 4.78. The first-order chi connectivity index (χ1) is 8.74. The highest BCUT2D eigenvalue weighted by Gasteiger charge is 2.41. The average molecular weight is 249 g/mol. The quantitative estimate of drug-likeness (QED) is 0.759. The van der Waals surface area contributed by atoms with E-state index in [1.165, 1.54) is 44.8 Å². The number of amides is 1. The van der Waals surface area contributed by atoms with Gasteiger partial charge in [-0.05, 0) is 12.3 Å². The van der Waals surface area contributed by atoms with E-state index in [0.717, 1.165) is 37.9 Å². The van der Waals surface area contributed by atoms with Crippen LogP contribution in [-0.4, -0.2) is 35.9 Å². The molecule has 3 heterocycles. The molecule has 3 aliphatic heterocycles. The molecule has 0 aromatic rings. The first kappa shape index (κ1) is 12.4. The van der Waals surface area contributed by atoms with Crippen molar-refractivity contribution in [3.63, 3.8) is 0 Å². The van der Waals surface area contributed by atoms with Crippen molar-refractivity contribution in [3.05, 3.63) is 0 Å². The third-order valence-corrected chi connectivity index (χ3v) is 5.67. The van der Waals surface area contributed by atoms with E-state index in [-0.39, 0.29) is 0 Å². The summed E-state index contributed by atoms with van der Waals surface area (Å²) in [4.78, 5) is 12.6. The molecule has 0 aromatic heterocycles. The summed E-state index contributed by atoms with van der Waals surface area (Å²) < 4.78 is 0. The van der Waals surface area contributed by atoms with Gasteiger partial charge in [0.2, 0.25) is 0 Å². The summed E-state index contributed by atoms with van der Waals surface area (Å²) in [5.74, 6) is 2.58. The minimum Gasteiger partial charge on any atom is -0.465 e. The highest BCUT2D eigenvalue weighted by atomic mass is 16.4. The van der Waals surface area contributed by atoms with Gasteiger partial charge in [0.15, 0.2) is 0 Å². The van der Waals surface area contributed by atoms with Crippen LogP contribution >= 0.6 is 0 Å². The fourth-order valence-corrected chi connectivity index (χ4v) is 4.78. The predicted molar refractivity (Wildman–Crippen MR) is 73.5 cm³/mol. The van der Waals surface area contributed by atoms with E-state index in [1.54, 1.807) is 4.90 Å². The van der Waals surface area contributed by atoms with E-state index in [1.807, 2.05) is 0 Å². The smallest absolute Gasteiger partial charge is 0.407 e. The molecule has 0 spiro atoms. The Labute approximate surface area is 110 Å². The molecule has 0 aromatic carbocycles. The molecule has 1 N–H and O–H groups in total. The summed E-state index contributed by atoms with van der Waals surface area (Å²) in [6.45, 7) is 2.49. The number of carbonyl (C=O) groups is 1. The Morgan fingerprint density at radius 2 is 1.72 bits per heavy atom. The van der Waals surface area contributed by atoms with Crippen LogP contribution in [0.4, 0.5) is 4.79 Å². The number of carboxylic acid groups (broad SMARTS) is 1. The summed E-state index contributed by atoms with van der Waals surface area (Å²) >= 11 is 0. The Balaban J connectivity index is 1.58. The van der Waals surface area contributed by atoms with E-state index in [9.17, 15) is 4.79 Å². The molecule has 100 valence electrons. The Hall–Kier alpha value is -0.665. The molecule has 3 rings (SSSR count). The van der Waals surface area contributed by atoms with E-state index < -0.39 is 6.09 Å². The maximum absolute atomic E-state index is 11.0. The molecule has 2 bridgehead atoms. The summed E-state index contributed by atoms with van der Waals surface area (Å²) in [6, 6.07) is 0. The van der Waals surface area contributed by atoms with Crippen LogP contribution in [0.25, 0.3) is 0 Å². The number of hydrogen-bond acceptors (Lipinski definition) is 1. The third-order valence-electron chi connectivity index (χ3n) is 5.67. The minimum absolute atomic E-state index is 0.646. The van der Waals surface area contributed by atoms with Gasteiger partial charge in [-0.1, -0.05) is 56.5 Å². The lowest BCUT2D eigenvalue weighted by molar-refractivity contribution is 0.154. The van der Waals surface area contributed by atoms with Gasteiger partial charge < -0.3 is 10.0 Å². The van der Waals surface area contributed by atoms with Crippen LogP contribution in [0.15, 0.2) is 0 Å². The van der Waals surface area contributed by atoms with Crippen molar-refractivity contribution in [1.82, 2.24) is 4.90 Å². The third kappa shape index (κ3) is 2.39. The summed E-state index contributed by atoms with van der Waals surface area (Å²) in [5, 5.41) is 9.02. The SMILES string of the molecule is O=C(O)N1CCC(CB2C3CCCC2CCC3)C1. The Morgan fingerprint density at radius 1 is 1.11 bits per heavy atom. The zero-order valence-corrected chi connectivity index (χ0v) is 11.2. The number of rotatable bonds is 2. The molecule has 18 heavy (non-hydrogen) atoms. The molecule has 4 heteroatoms. The maximum Gasteiger partial charge on any atom is 0.407 e. The predicted octanol–water partition coefficient (Wildman–Crippen LogP) is 3.59. The largest absolute Gasteiger partial charge is 0.465 e. The second kappa shape index (κ2) is 5.14. The number of nitrogens with zero attached hydrogens (tertiary/aromatic N) is 1. The lowest BCUT2D eigenvalue weighted by atomic mass is 9.25. The van der Waals surface area contributed by atoms with Gasteiger partial charge in [0, 0.05) is 13.1 Å². The topological polar surface area (TPSA) is 40.5 Å². The standard InChI is InChI=1S/C14H24BNO2/c17-14(18)16-8-7-11(10-16)9-15-12-3-1-4-13(15)6-2-5-12/h11-13H,1-10H2,(H,17,18). The van der Waals surface area contributed by atoms with Crippen LogP contribution in [0.3, 0.4) is 0 Å².